The minimum absolute atomic E-state index is 0. The van der Waals surface area contributed by atoms with Gasteiger partial charge >= 0.3 is 0 Å². The van der Waals surface area contributed by atoms with E-state index in [0.717, 1.165) is 51.6 Å². The maximum Gasteiger partial charge on any atom is 0.222 e. The van der Waals surface area contributed by atoms with Crippen LogP contribution in [-0.2, 0) is 9.59 Å². The van der Waals surface area contributed by atoms with E-state index in [-0.39, 0.29) is 29.6 Å². The zero-order valence-corrected chi connectivity index (χ0v) is 15.7. The molecule has 1 aliphatic heterocycles. The highest BCUT2D eigenvalue weighted by atomic mass is 35.5. The average Bonchev–Trinajstić information content (AvgIpc) is 2.77. The van der Waals surface area contributed by atoms with Crippen molar-refractivity contribution in [1.29, 1.82) is 0 Å². The fraction of sp³-hybridized carbons (Fsp3) is 0.889. The van der Waals surface area contributed by atoms with Crippen molar-refractivity contribution in [1.82, 2.24) is 10.2 Å². The largest absolute Gasteiger partial charge is 0.356 e. The summed E-state index contributed by atoms with van der Waals surface area (Å²) in [6.45, 7) is 2.91. The Labute approximate surface area is 152 Å². The Balaban J connectivity index is 0.00000288. The van der Waals surface area contributed by atoms with Crippen molar-refractivity contribution in [3.8, 4) is 0 Å². The van der Waals surface area contributed by atoms with Gasteiger partial charge in [0.1, 0.15) is 0 Å². The summed E-state index contributed by atoms with van der Waals surface area (Å²) < 4.78 is 0. The highest BCUT2D eigenvalue weighted by Gasteiger charge is 2.32. The summed E-state index contributed by atoms with van der Waals surface area (Å²) in [5.41, 5.74) is 5.98. The predicted molar refractivity (Wildman–Crippen MR) is 99.1 cm³/mol. The molecule has 0 aromatic rings. The molecule has 0 radical (unpaired) electrons. The maximum atomic E-state index is 12.2. The van der Waals surface area contributed by atoms with Gasteiger partial charge in [0.15, 0.2) is 0 Å². The average molecular weight is 360 g/mol. The number of rotatable bonds is 7. The normalized spacial score (nSPS) is 20.9. The van der Waals surface area contributed by atoms with E-state index in [1.165, 1.54) is 19.3 Å². The van der Waals surface area contributed by atoms with Gasteiger partial charge < -0.3 is 16.0 Å². The van der Waals surface area contributed by atoms with E-state index in [2.05, 4.69) is 5.32 Å². The third kappa shape index (κ3) is 6.60. The molecule has 1 aliphatic carbocycles. The molecule has 2 amide bonds. The molecule has 0 aromatic heterocycles. The van der Waals surface area contributed by atoms with Gasteiger partial charge in [0, 0.05) is 32.5 Å². The van der Waals surface area contributed by atoms with Crippen LogP contribution in [0.3, 0.4) is 0 Å². The number of halogens is 1. The molecule has 0 atom stereocenters. The smallest absolute Gasteiger partial charge is 0.222 e. The Morgan fingerprint density at radius 1 is 1.12 bits per heavy atom. The molecule has 0 unspecified atom stereocenters. The molecule has 0 bridgehead atoms. The Bertz CT molecular complexity index is 398. The van der Waals surface area contributed by atoms with Gasteiger partial charge in [0.2, 0.25) is 11.8 Å². The summed E-state index contributed by atoms with van der Waals surface area (Å²) in [6.07, 6.45) is 11.2. The third-order valence-electron chi connectivity index (χ3n) is 5.48. The Hall–Kier alpha value is -0.810. The van der Waals surface area contributed by atoms with Crippen LogP contribution in [0.25, 0.3) is 0 Å². The van der Waals surface area contributed by atoms with Crippen molar-refractivity contribution in [2.24, 2.45) is 11.1 Å². The van der Waals surface area contributed by atoms with E-state index in [4.69, 9.17) is 5.73 Å². The van der Waals surface area contributed by atoms with Gasteiger partial charge in [-0.05, 0) is 44.1 Å². The van der Waals surface area contributed by atoms with Crippen LogP contribution >= 0.6 is 12.4 Å². The predicted octanol–water partition coefficient (Wildman–Crippen LogP) is 2.62. The molecule has 2 aliphatic rings. The second-order valence-corrected chi connectivity index (χ2v) is 7.34. The summed E-state index contributed by atoms with van der Waals surface area (Å²) in [5, 5.41) is 3.03. The summed E-state index contributed by atoms with van der Waals surface area (Å²) in [4.78, 5) is 26.1. The fourth-order valence-corrected chi connectivity index (χ4v) is 3.93. The zero-order chi connectivity index (χ0) is 16.5. The van der Waals surface area contributed by atoms with Crippen molar-refractivity contribution in [2.45, 2.75) is 70.6 Å². The summed E-state index contributed by atoms with van der Waals surface area (Å²) >= 11 is 0. The lowest BCUT2D eigenvalue weighted by atomic mass is 9.71. The van der Waals surface area contributed by atoms with Gasteiger partial charge in [-0.1, -0.05) is 25.7 Å². The van der Waals surface area contributed by atoms with Crippen LogP contribution in [0.5, 0.6) is 0 Å². The summed E-state index contributed by atoms with van der Waals surface area (Å²) in [5.74, 6) is 0.401. The van der Waals surface area contributed by atoms with Crippen LogP contribution in [0, 0.1) is 5.41 Å². The van der Waals surface area contributed by atoms with Crippen molar-refractivity contribution in [3.05, 3.63) is 0 Å². The first-order valence-electron chi connectivity index (χ1n) is 9.40. The first kappa shape index (κ1) is 21.2. The van der Waals surface area contributed by atoms with Crippen LogP contribution in [0.1, 0.15) is 70.6 Å². The second-order valence-electron chi connectivity index (χ2n) is 7.34. The standard InChI is InChI=1S/C18H33N3O2.ClH/c19-15-18(9-4-2-5-10-18)14-16(22)20-11-7-13-21-12-6-1-3-8-17(21)23;/h1-15,19H2,(H,20,22);1H. The molecule has 24 heavy (non-hydrogen) atoms. The Kier molecular flexibility index (Phi) is 9.67. The van der Waals surface area contributed by atoms with Gasteiger partial charge in [-0.25, -0.2) is 0 Å². The molecule has 2 rings (SSSR count). The van der Waals surface area contributed by atoms with Gasteiger partial charge in [-0.15, -0.1) is 12.4 Å². The van der Waals surface area contributed by atoms with E-state index in [0.29, 0.717) is 25.9 Å². The molecule has 0 spiro atoms. The number of amides is 2. The van der Waals surface area contributed by atoms with Crippen LogP contribution in [0.4, 0.5) is 0 Å². The molecular weight excluding hydrogens is 326 g/mol. The van der Waals surface area contributed by atoms with Crippen LogP contribution < -0.4 is 11.1 Å². The quantitative estimate of drug-likeness (QED) is 0.686. The molecule has 1 heterocycles. The first-order chi connectivity index (χ1) is 11.2. The molecule has 5 nitrogen and oxygen atoms in total. The molecular formula is C18H34ClN3O2. The molecule has 6 heteroatoms. The number of carbonyl (C=O) groups is 2. The molecule has 140 valence electrons. The second kappa shape index (κ2) is 10.9. The van der Waals surface area contributed by atoms with Crippen LogP contribution in [0.15, 0.2) is 0 Å². The lowest BCUT2D eigenvalue weighted by Gasteiger charge is -2.35. The first-order valence-corrected chi connectivity index (χ1v) is 9.40. The number of nitrogens with zero attached hydrogens (tertiary/aromatic N) is 1. The van der Waals surface area contributed by atoms with Crippen LogP contribution in [0.2, 0.25) is 0 Å². The monoisotopic (exact) mass is 359 g/mol. The Morgan fingerprint density at radius 2 is 1.83 bits per heavy atom. The van der Waals surface area contributed by atoms with Gasteiger partial charge in [0.25, 0.3) is 0 Å². The molecule has 3 N–H and O–H groups in total. The highest BCUT2D eigenvalue weighted by molar-refractivity contribution is 5.85. The van der Waals surface area contributed by atoms with E-state index < -0.39 is 0 Å². The summed E-state index contributed by atoms with van der Waals surface area (Å²) in [7, 11) is 0. The lowest BCUT2D eigenvalue weighted by molar-refractivity contribution is -0.130. The van der Waals surface area contributed by atoms with Crippen molar-refractivity contribution >= 4 is 24.2 Å². The number of hydrogen-bond donors (Lipinski definition) is 2. The van der Waals surface area contributed by atoms with Crippen LogP contribution in [-0.4, -0.2) is 42.9 Å². The van der Waals surface area contributed by atoms with Gasteiger partial charge in [-0.2, -0.15) is 0 Å². The molecule has 1 saturated heterocycles. The van der Waals surface area contributed by atoms with Gasteiger partial charge in [0.05, 0.1) is 0 Å². The zero-order valence-electron chi connectivity index (χ0n) is 14.9. The Morgan fingerprint density at radius 3 is 2.54 bits per heavy atom. The maximum absolute atomic E-state index is 12.2. The summed E-state index contributed by atoms with van der Waals surface area (Å²) in [6, 6.07) is 0. The topological polar surface area (TPSA) is 75.4 Å². The minimum atomic E-state index is 0. The van der Waals surface area contributed by atoms with E-state index in [1.54, 1.807) is 0 Å². The SMILES string of the molecule is Cl.NCC1(CC(=O)NCCCN2CCCCCC2=O)CCCCC1. The van der Waals surface area contributed by atoms with Gasteiger partial charge in [-0.3, -0.25) is 9.59 Å². The van der Waals surface area contributed by atoms with E-state index in [1.807, 2.05) is 4.90 Å². The van der Waals surface area contributed by atoms with Crippen molar-refractivity contribution < 1.29 is 9.59 Å². The number of nitrogens with one attached hydrogen (secondary N) is 1. The minimum Gasteiger partial charge on any atom is -0.356 e. The van der Waals surface area contributed by atoms with Crippen molar-refractivity contribution in [2.75, 3.05) is 26.2 Å². The number of nitrogens with two attached hydrogens (primary N) is 1. The molecule has 0 aromatic carbocycles. The fourth-order valence-electron chi connectivity index (χ4n) is 3.93. The van der Waals surface area contributed by atoms with E-state index in [9.17, 15) is 9.59 Å². The third-order valence-corrected chi connectivity index (χ3v) is 5.48. The number of carbonyl (C=O) groups excluding carboxylic acids is 2. The lowest BCUT2D eigenvalue weighted by Crippen LogP contribution is -2.39. The highest BCUT2D eigenvalue weighted by Crippen LogP contribution is 2.38. The molecule has 1 saturated carbocycles. The van der Waals surface area contributed by atoms with Crippen molar-refractivity contribution in [3.63, 3.8) is 0 Å². The molecule has 2 fully saturated rings. The number of likely N-dealkylation sites (tertiary alicyclic amines) is 1. The number of hydrogen-bond acceptors (Lipinski definition) is 3. The van der Waals surface area contributed by atoms with E-state index >= 15 is 0 Å².